The fourth-order valence-corrected chi connectivity index (χ4v) is 3.54. The number of nitrogens with zero attached hydrogens (tertiary/aromatic N) is 7. The highest BCUT2D eigenvalue weighted by Crippen LogP contribution is 2.35. The standard InChI is InChI=1S/C20H18ClN9O4/c1-27(2)20-24-18(23-19(22)25-20)14-10-28(26-17(14)11-4-3-5-12(21)8-11)15-7-6-13(29(31)32)9-16(15)30(33)34/h3-10,18H,1-2H3,(H3,22,23,24,25). The Bertz CT molecular complexity index is 1370. The maximum absolute atomic E-state index is 11.7. The number of benzene rings is 2. The van der Waals surface area contributed by atoms with Crippen molar-refractivity contribution in [1.29, 1.82) is 0 Å². The van der Waals surface area contributed by atoms with Crippen molar-refractivity contribution in [3.8, 4) is 16.9 Å². The summed E-state index contributed by atoms with van der Waals surface area (Å²) in [7, 11) is 3.56. The summed E-state index contributed by atoms with van der Waals surface area (Å²) < 4.78 is 1.27. The minimum Gasteiger partial charge on any atom is -0.370 e. The Balaban J connectivity index is 1.94. The SMILES string of the molecule is CN(C)C1=NC(c2cn(-c3ccc([N+](=O)[O-])cc3[N+](=O)[O-])nc2-c2cccc(Cl)c2)N=C(N)N1. The van der Waals surface area contributed by atoms with Gasteiger partial charge in [-0.25, -0.2) is 14.7 Å². The Morgan fingerprint density at radius 3 is 2.53 bits per heavy atom. The number of nitrogens with one attached hydrogen (secondary N) is 1. The molecule has 2 heterocycles. The van der Waals surface area contributed by atoms with Crippen LogP contribution in [0.2, 0.25) is 5.02 Å². The fraction of sp³-hybridized carbons (Fsp3) is 0.150. The Morgan fingerprint density at radius 1 is 1.12 bits per heavy atom. The summed E-state index contributed by atoms with van der Waals surface area (Å²) in [5.41, 5.74) is 6.65. The number of guanidine groups is 2. The monoisotopic (exact) mass is 483 g/mol. The van der Waals surface area contributed by atoms with Crippen molar-refractivity contribution < 1.29 is 9.85 Å². The van der Waals surface area contributed by atoms with E-state index in [1.807, 2.05) is 0 Å². The fourth-order valence-electron chi connectivity index (χ4n) is 3.35. The lowest BCUT2D eigenvalue weighted by Crippen LogP contribution is -2.46. The van der Waals surface area contributed by atoms with Crippen LogP contribution in [0.1, 0.15) is 11.7 Å². The van der Waals surface area contributed by atoms with Gasteiger partial charge in [0.25, 0.3) is 5.69 Å². The van der Waals surface area contributed by atoms with Crippen molar-refractivity contribution >= 4 is 34.9 Å². The van der Waals surface area contributed by atoms with E-state index in [0.29, 0.717) is 27.8 Å². The summed E-state index contributed by atoms with van der Waals surface area (Å²) in [6.07, 6.45) is 0.729. The quantitative estimate of drug-likeness (QED) is 0.412. The topological polar surface area (TPSA) is 170 Å². The number of halogens is 1. The first kappa shape index (κ1) is 22.7. The van der Waals surface area contributed by atoms with Crippen molar-refractivity contribution in [2.45, 2.75) is 6.17 Å². The molecule has 0 saturated heterocycles. The molecule has 0 fully saturated rings. The van der Waals surface area contributed by atoms with Gasteiger partial charge in [0, 0.05) is 42.5 Å². The number of aromatic nitrogens is 2. The number of hydrogen-bond donors (Lipinski definition) is 2. The molecule has 14 heteroatoms. The van der Waals surface area contributed by atoms with Gasteiger partial charge in [-0.15, -0.1) is 0 Å². The van der Waals surface area contributed by atoms with Crippen LogP contribution in [-0.4, -0.2) is 50.5 Å². The second-order valence-electron chi connectivity index (χ2n) is 7.44. The maximum atomic E-state index is 11.7. The molecule has 1 atom stereocenters. The van der Waals surface area contributed by atoms with Crippen molar-refractivity contribution in [3.63, 3.8) is 0 Å². The van der Waals surface area contributed by atoms with E-state index < -0.39 is 27.4 Å². The number of nitro benzene ring substituents is 2. The molecule has 34 heavy (non-hydrogen) atoms. The normalized spacial score (nSPS) is 15.2. The zero-order valence-electron chi connectivity index (χ0n) is 17.9. The van der Waals surface area contributed by atoms with E-state index in [0.717, 1.165) is 6.07 Å². The molecule has 174 valence electrons. The predicted molar refractivity (Wildman–Crippen MR) is 126 cm³/mol. The minimum absolute atomic E-state index is 0.0350. The van der Waals surface area contributed by atoms with Crippen LogP contribution in [0, 0.1) is 20.2 Å². The highest BCUT2D eigenvalue weighted by molar-refractivity contribution is 6.30. The third-order valence-electron chi connectivity index (χ3n) is 4.90. The Hall–Kier alpha value is -4.52. The highest BCUT2D eigenvalue weighted by Gasteiger charge is 2.27. The lowest BCUT2D eigenvalue weighted by atomic mass is 10.1. The Kier molecular flexibility index (Phi) is 5.86. The molecule has 3 N–H and O–H groups in total. The molecule has 1 aliphatic heterocycles. The number of hydrogen-bond acceptors (Lipinski definition) is 10. The first-order valence-electron chi connectivity index (χ1n) is 9.78. The summed E-state index contributed by atoms with van der Waals surface area (Å²) in [5.74, 6) is 0.596. The lowest BCUT2D eigenvalue weighted by Gasteiger charge is -2.23. The van der Waals surface area contributed by atoms with Crippen LogP contribution in [0.5, 0.6) is 0 Å². The molecule has 0 saturated carbocycles. The van der Waals surface area contributed by atoms with Gasteiger partial charge < -0.3 is 10.6 Å². The van der Waals surface area contributed by atoms with Crippen LogP contribution < -0.4 is 11.1 Å². The highest BCUT2D eigenvalue weighted by atomic mass is 35.5. The molecule has 1 aromatic heterocycles. The van der Waals surface area contributed by atoms with Crippen LogP contribution >= 0.6 is 11.6 Å². The molecule has 13 nitrogen and oxygen atoms in total. The van der Waals surface area contributed by atoms with Crippen molar-refractivity contribution in [1.82, 2.24) is 20.0 Å². The molecule has 0 bridgehead atoms. The van der Waals surface area contributed by atoms with Crippen molar-refractivity contribution in [2.24, 2.45) is 15.7 Å². The second kappa shape index (κ2) is 8.78. The lowest BCUT2D eigenvalue weighted by molar-refractivity contribution is -0.394. The van der Waals surface area contributed by atoms with Gasteiger partial charge in [-0.1, -0.05) is 23.7 Å². The van der Waals surface area contributed by atoms with Crippen LogP contribution in [0.4, 0.5) is 11.4 Å². The number of non-ortho nitro benzene ring substituents is 1. The van der Waals surface area contributed by atoms with Crippen LogP contribution in [0.15, 0.2) is 58.6 Å². The van der Waals surface area contributed by atoms with Gasteiger partial charge in [0.05, 0.1) is 15.9 Å². The summed E-state index contributed by atoms with van der Waals surface area (Å²) >= 11 is 6.18. The summed E-state index contributed by atoms with van der Waals surface area (Å²) in [6, 6.07) is 10.2. The molecule has 0 amide bonds. The summed E-state index contributed by atoms with van der Waals surface area (Å²) in [5, 5.41) is 30.7. The first-order valence-corrected chi connectivity index (χ1v) is 10.2. The zero-order valence-corrected chi connectivity index (χ0v) is 18.7. The van der Waals surface area contributed by atoms with E-state index in [1.165, 1.54) is 23.0 Å². The molecule has 1 aliphatic rings. The van der Waals surface area contributed by atoms with Crippen LogP contribution in [-0.2, 0) is 0 Å². The van der Waals surface area contributed by atoms with Gasteiger partial charge in [-0.05, 0) is 18.2 Å². The van der Waals surface area contributed by atoms with E-state index in [-0.39, 0.29) is 11.6 Å². The van der Waals surface area contributed by atoms with Gasteiger partial charge in [-0.3, -0.25) is 25.5 Å². The molecular weight excluding hydrogens is 466 g/mol. The second-order valence-corrected chi connectivity index (χ2v) is 7.87. The number of rotatable bonds is 5. The molecular formula is C20H18ClN9O4. The van der Waals surface area contributed by atoms with E-state index >= 15 is 0 Å². The van der Waals surface area contributed by atoms with Gasteiger partial charge in [0.2, 0.25) is 5.96 Å². The third kappa shape index (κ3) is 4.36. The minimum atomic E-state index is -0.807. The third-order valence-corrected chi connectivity index (χ3v) is 5.14. The van der Waals surface area contributed by atoms with E-state index in [4.69, 9.17) is 17.3 Å². The van der Waals surface area contributed by atoms with Gasteiger partial charge in [0.1, 0.15) is 11.4 Å². The first-order chi connectivity index (χ1) is 16.1. The Morgan fingerprint density at radius 2 is 1.88 bits per heavy atom. The molecule has 0 radical (unpaired) electrons. The van der Waals surface area contributed by atoms with Crippen LogP contribution in [0.3, 0.4) is 0 Å². The van der Waals surface area contributed by atoms with Gasteiger partial charge in [-0.2, -0.15) is 5.10 Å². The number of aliphatic imine (C=N–C) groups is 2. The molecule has 3 aromatic rings. The largest absolute Gasteiger partial charge is 0.370 e. The molecule has 1 unspecified atom stereocenters. The van der Waals surface area contributed by atoms with Crippen molar-refractivity contribution in [2.75, 3.05) is 14.1 Å². The van der Waals surface area contributed by atoms with Gasteiger partial charge in [0.15, 0.2) is 12.1 Å². The zero-order chi connectivity index (χ0) is 24.6. The average Bonchev–Trinajstić information content (AvgIpc) is 3.23. The summed E-state index contributed by atoms with van der Waals surface area (Å²) in [6.45, 7) is 0. The number of nitrogens with two attached hydrogens (primary N) is 1. The predicted octanol–water partition coefficient (Wildman–Crippen LogP) is 2.84. The summed E-state index contributed by atoms with van der Waals surface area (Å²) in [4.78, 5) is 32.0. The van der Waals surface area contributed by atoms with E-state index in [1.54, 1.807) is 43.3 Å². The van der Waals surface area contributed by atoms with Gasteiger partial charge >= 0.3 is 5.69 Å². The average molecular weight is 484 g/mol. The number of nitro groups is 2. The van der Waals surface area contributed by atoms with E-state index in [9.17, 15) is 20.2 Å². The smallest absolute Gasteiger partial charge is 0.301 e. The van der Waals surface area contributed by atoms with Crippen molar-refractivity contribution in [3.05, 3.63) is 79.5 Å². The molecule has 0 spiro atoms. The molecule has 4 rings (SSSR count). The molecule has 0 aliphatic carbocycles. The van der Waals surface area contributed by atoms with E-state index in [2.05, 4.69) is 20.4 Å². The maximum Gasteiger partial charge on any atom is 0.301 e. The molecule has 2 aromatic carbocycles. The van der Waals surface area contributed by atoms with Crippen LogP contribution in [0.25, 0.3) is 16.9 Å². The Labute approximate surface area is 197 Å².